The van der Waals surface area contributed by atoms with Crippen molar-refractivity contribution in [3.63, 3.8) is 0 Å². The topological polar surface area (TPSA) is 58.6 Å². The summed E-state index contributed by atoms with van der Waals surface area (Å²) in [6.45, 7) is 8.34. The molecule has 2 amide bonds. The van der Waals surface area contributed by atoms with E-state index >= 15 is 0 Å². The minimum atomic E-state index is -0.480. The second kappa shape index (κ2) is 12.5. The molecular weight excluding hydrogens is 420 g/mol. The normalized spacial score (nSPS) is 12.2. The van der Waals surface area contributed by atoms with Crippen molar-refractivity contribution < 1.29 is 14.3 Å². The van der Waals surface area contributed by atoms with E-state index in [1.54, 1.807) is 23.8 Å². The van der Waals surface area contributed by atoms with Crippen LogP contribution >= 0.6 is 11.8 Å². The Balaban J connectivity index is 2.06. The molecule has 5 nitrogen and oxygen atoms in total. The zero-order valence-corrected chi connectivity index (χ0v) is 20.7. The van der Waals surface area contributed by atoms with Crippen molar-refractivity contribution >= 4 is 23.6 Å². The van der Waals surface area contributed by atoms with Gasteiger partial charge < -0.3 is 15.0 Å². The molecule has 2 aromatic carbocycles. The number of ether oxygens (including phenoxy) is 1. The summed E-state index contributed by atoms with van der Waals surface area (Å²) in [5.74, 6) is 1.78. The number of nitrogens with zero attached hydrogens (tertiary/aromatic N) is 1. The Labute approximate surface area is 196 Å². The van der Waals surface area contributed by atoms with Crippen molar-refractivity contribution in [1.82, 2.24) is 10.2 Å². The summed E-state index contributed by atoms with van der Waals surface area (Å²) in [5.41, 5.74) is 1.95. The fraction of sp³-hybridized carbons (Fsp3) is 0.462. The fourth-order valence-electron chi connectivity index (χ4n) is 3.41. The highest BCUT2D eigenvalue weighted by atomic mass is 32.2. The summed E-state index contributed by atoms with van der Waals surface area (Å²) in [6, 6.07) is 17.5. The number of methoxy groups -OCH3 is 1. The van der Waals surface area contributed by atoms with Crippen LogP contribution in [0.15, 0.2) is 54.6 Å². The van der Waals surface area contributed by atoms with Crippen LogP contribution in [-0.4, -0.2) is 47.7 Å². The zero-order valence-electron chi connectivity index (χ0n) is 19.9. The van der Waals surface area contributed by atoms with E-state index in [0.29, 0.717) is 18.7 Å². The second-order valence-electron chi connectivity index (χ2n) is 8.83. The van der Waals surface area contributed by atoms with Gasteiger partial charge in [0, 0.05) is 17.8 Å². The molecule has 0 aliphatic rings. The molecule has 0 saturated heterocycles. The predicted molar refractivity (Wildman–Crippen MR) is 133 cm³/mol. The van der Waals surface area contributed by atoms with Crippen LogP contribution in [0.1, 0.15) is 45.2 Å². The molecule has 2 aromatic rings. The molecule has 0 spiro atoms. The Morgan fingerprint density at radius 1 is 1.03 bits per heavy atom. The van der Waals surface area contributed by atoms with Crippen molar-refractivity contribution in [3.8, 4) is 5.75 Å². The van der Waals surface area contributed by atoms with E-state index in [-0.39, 0.29) is 17.4 Å². The van der Waals surface area contributed by atoms with Gasteiger partial charge in [0.1, 0.15) is 11.8 Å². The van der Waals surface area contributed by atoms with Gasteiger partial charge in [0.25, 0.3) is 0 Å². The summed E-state index contributed by atoms with van der Waals surface area (Å²) >= 11 is 1.57. The van der Waals surface area contributed by atoms with Crippen molar-refractivity contribution in [1.29, 1.82) is 0 Å². The molecule has 1 atom stereocenters. The molecule has 0 bridgehead atoms. The van der Waals surface area contributed by atoms with Gasteiger partial charge in [-0.1, -0.05) is 49.4 Å². The Morgan fingerprint density at radius 3 is 2.25 bits per heavy atom. The van der Waals surface area contributed by atoms with Gasteiger partial charge in [-0.05, 0) is 56.9 Å². The SMILES string of the molecule is CC[C@@H](C(=O)NC(C)(C)C)N(CCc1ccccc1)C(=O)CSCc1ccc(OC)cc1. The van der Waals surface area contributed by atoms with E-state index in [1.165, 1.54) is 0 Å². The first-order valence-corrected chi connectivity index (χ1v) is 12.2. The minimum absolute atomic E-state index is 0.00430. The van der Waals surface area contributed by atoms with Gasteiger partial charge >= 0.3 is 0 Å². The van der Waals surface area contributed by atoms with Crippen molar-refractivity contribution in [2.45, 2.75) is 57.9 Å². The molecule has 0 fully saturated rings. The number of carbonyl (C=O) groups excluding carboxylic acids is 2. The number of benzene rings is 2. The standard InChI is InChI=1S/C26H36N2O3S/c1-6-23(25(30)27-26(2,3)4)28(17-16-20-10-8-7-9-11-20)24(29)19-32-18-21-12-14-22(31-5)15-13-21/h7-15,23H,6,16-19H2,1-5H3,(H,27,30)/t23-/m0/s1. The van der Waals surface area contributed by atoms with Crippen LogP contribution in [0, 0.1) is 0 Å². The molecule has 0 heterocycles. The third kappa shape index (κ3) is 8.58. The molecule has 32 heavy (non-hydrogen) atoms. The lowest BCUT2D eigenvalue weighted by Gasteiger charge is -2.33. The predicted octanol–water partition coefficient (Wildman–Crippen LogP) is 4.69. The molecular formula is C26H36N2O3S. The number of carbonyl (C=O) groups is 2. The number of rotatable bonds is 11. The molecule has 0 saturated carbocycles. The van der Waals surface area contributed by atoms with E-state index in [2.05, 4.69) is 17.4 Å². The van der Waals surface area contributed by atoms with Crippen LogP contribution in [0.3, 0.4) is 0 Å². The Kier molecular flexibility index (Phi) is 10.1. The molecule has 174 valence electrons. The molecule has 2 rings (SSSR count). The lowest BCUT2D eigenvalue weighted by atomic mass is 10.1. The van der Waals surface area contributed by atoms with E-state index in [9.17, 15) is 9.59 Å². The summed E-state index contributed by atoms with van der Waals surface area (Å²) in [6.07, 6.45) is 1.29. The highest BCUT2D eigenvalue weighted by molar-refractivity contribution is 7.99. The first kappa shape index (κ1) is 25.8. The third-order valence-electron chi connectivity index (χ3n) is 5.02. The van der Waals surface area contributed by atoms with Gasteiger partial charge in [-0.15, -0.1) is 11.8 Å². The Bertz CT molecular complexity index is 848. The lowest BCUT2D eigenvalue weighted by Crippen LogP contribution is -2.54. The summed E-state index contributed by atoms with van der Waals surface area (Å²) in [7, 11) is 1.65. The molecule has 0 radical (unpaired) electrons. The number of hydrogen-bond acceptors (Lipinski definition) is 4. The van der Waals surface area contributed by atoms with Crippen LogP contribution < -0.4 is 10.1 Å². The molecule has 6 heteroatoms. The highest BCUT2D eigenvalue weighted by Crippen LogP contribution is 2.18. The van der Waals surface area contributed by atoms with Gasteiger partial charge in [-0.3, -0.25) is 9.59 Å². The van der Waals surface area contributed by atoms with E-state index in [0.717, 1.165) is 29.1 Å². The van der Waals surface area contributed by atoms with Gasteiger partial charge in [-0.2, -0.15) is 0 Å². The van der Waals surface area contributed by atoms with Gasteiger partial charge in [0.05, 0.1) is 12.9 Å². The quantitative estimate of drug-likeness (QED) is 0.533. The Hall–Kier alpha value is -2.47. The van der Waals surface area contributed by atoms with E-state index in [1.807, 2.05) is 70.2 Å². The first-order valence-electron chi connectivity index (χ1n) is 11.1. The number of hydrogen-bond donors (Lipinski definition) is 1. The molecule has 0 aliphatic carbocycles. The first-order chi connectivity index (χ1) is 15.2. The minimum Gasteiger partial charge on any atom is -0.497 e. The van der Waals surface area contributed by atoms with Crippen LogP contribution in [0.4, 0.5) is 0 Å². The third-order valence-corrected chi connectivity index (χ3v) is 6.01. The number of thioether (sulfide) groups is 1. The smallest absolute Gasteiger partial charge is 0.243 e. The summed E-state index contributed by atoms with van der Waals surface area (Å²) in [5, 5.41) is 3.04. The number of amides is 2. The van der Waals surface area contributed by atoms with Crippen molar-refractivity contribution in [3.05, 3.63) is 65.7 Å². The molecule has 1 N–H and O–H groups in total. The molecule has 0 aliphatic heterocycles. The van der Waals surface area contributed by atoms with E-state index < -0.39 is 6.04 Å². The van der Waals surface area contributed by atoms with Crippen LogP contribution in [0.5, 0.6) is 5.75 Å². The maximum atomic E-state index is 13.2. The second-order valence-corrected chi connectivity index (χ2v) is 9.81. The largest absolute Gasteiger partial charge is 0.497 e. The average molecular weight is 457 g/mol. The van der Waals surface area contributed by atoms with Gasteiger partial charge in [0.15, 0.2) is 0 Å². The van der Waals surface area contributed by atoms with Gasteiger partial charge in [-0.25, -0.2) is 0 Å². The maximum absolute atomic E-state index is 13.2. The maximum Gasteiger partial charge on any atom is 0.243 e. The van der Waals surface area contributed by atoms with Crippen molar-refractivity contribution in [2.75, 3.05) is 19.4 Å². The van der Waals surface area contributed by atoms with Gasteiger partial charge in [0.2, 0.25) is 11.8 Å². The van der Waals surface area contributed by atoms with E-state index in [4.69, 9.17) is 4.74 Å². The number of nitrogens with one attached hydrogen (secondary N) is 1. The Morgan fingerprint density at radius 2 is 1.69 bits per heavy atom. The molecule has 0 unspecified atom stereocenters. The zero-order chi connectivity index (χ0) is 23.6. The molecule has 0 aromatic heterocycles. The van der Waals surface area contributed by atoms with Crippen LogP contribution in [-0.2, 0) is 21.8 Å². The average Bonchev–Trinajstić information content (AvgIpc) is 2.76. The monoisotopic (exact) mass is 456 g/mol. The summed E-state index contributed by atoms with van der Waals surface area (Å²) in [4.78, 5) is 28.0. The summed E-state index contributed by atoms with van der Waals surface area (Å²) < 4.78 is 5.20. The highest BCUT2D eigenvalue weighted by Gasteiger charge is 2.30. The lowest BCUT2D eigenvalue weighted by molar-refractivity contribution is -0.139. The van der Waals surface area contributed by atoms with Crippen LogP contribution in [0.2, 0.25) is 0 Å². The van der Waals surface area contributed by atoms with Crippen LogP contribution in [0.25, 0.3) is 0 Å². The van der Waals surface area contributed by atoms with Crippen molar-refractivity contribution in [2.24, 2.45) is 0 Å². The fourth-order valence-corrected chi connectivity index (χ4v) is 4.28.